The van der Waals surface area contributed by atoms with Gasteiger partial charge in [0.15, 0.2) is 0 Å². The van der Waals surface area contributed by atoms with Crippen molar-refractivity contribution in [3.63, 3.8) is 0 Å². The molecule has 1 aromatic carbocycles. The molecule has 0 saturated heterocycles. The van der Waals surface area contributed by atoms with Crippen molar-refractivity contribution in [1.82, 2.24) is 4.90 Å². The van der Waals surface area contributed by atoms with Crippen LogP contribution in [0.5, 0.6) is 0 Å². The molecule has 0 aliphatic carbocycles. The molecule has 14 heavy (non-hydrogen) atoms. The van der Waals surface area contributed by atoms with Crippen LogP contribution >= 0.6 is 11.6 Å². The lowest BCUT2D eigenvalue weighted by Gasteiger charge is -2.11. The Bertz CT molecular complexity index is 400. The third-order valence-corrected chi connectivity index (χ3v) is 2.77. The first-order valence-corrected chi connectivity index (χ1v) is 4.78. The molecule has 0 bridgehead atoms. The molecule has 3 heteroatoms. The predicted octanol–water partition coefficient (Wildman–Crippen LogP) is 2.37. The summed E-state index contributed by atoms with van der Waals surface area (Å²) in [6, 6.07) is 5.75. The summed E-state index contributed by atoms with van der Waals surface area (Å²) in [6.07, 6.45) is 1.33. The largest absolute Gasteiger partial charge is 0.330 e. The Labute approximate surface area is 87.8 Å². The highest BCUT2D eigenvalue weighted by Crippen LogP contribution is 2.28. The number of nitrogens with zero attached hydrogens (tertiary/aromatic N) is 1. The predicted molar refractivity (Wildman–Crippen MR) is 55.9 cm³/mol. The SMILES string of the molecule is C=CC(=O)N1Cc2cccc(Cl)c2C1. The molecule has 1 aromatic rings. The first-order chi connectivity index (χ1) is 6.72. The van der Waals surface area contributed by atoms with Crippen molar-refractivity contribution in [2.75, 3.05) is 0 Å². The summed E-state index contributed by atoms with van der Waals surface area (Å²) < 4.78 is 0. The zero-order valence-corrected chi connectivity index (χ0v) is 8.42. The molecule has 0 aromatic heterocycles. The fourth-order valence-electron chi connectivity index (χ4n) is 1.67. The lowest BCUT2D eigenvalue weighted by Crippen LogP contribution is -2.22. The molecule has 1 amide bonds. The molecule has 0 N–H and O–H groups in total. The number of hydrogen-bond acceptors (Lipinski definition) is 1. The summed E-state index contributed by atoms with van der Waals surface area (Å²) in [5, 5.41) is 0.738. The maximum atomic E-state index is 11.4. The fraction of sp³-hybridized carbons (Fsp3) is 0.182. The second-order valence-electron chi connectivity index (χ2n) is 3.28. The van der Waals surface area contributed by atoms with Crippen molar-refractivity contribution in [3.8, 4) is 0 Å². The minimum Gasteiger partial charge on any atom is -0.330 e. The number of rotatable bonds is 1. The van der Waals surface area contributed by atoms with Crippen LogP contribution < -0.4 is 0 Å². The van der Waals surface area contributed by atoms with Crippen LogP contribution in [0.4, 0.5) is 0 Å². The van der Waals surface area contributed by atoms with Crippen LogP contribution in [0.3, 0.4) is 0 Å². The van der Waals surface area contributed by atoms with Crippen molar-refractivity contribution in [2.45, 2.75) is 13.1 Å². The summed E-state index contributed by atoms with van der Waals surface area (Å²) in [5.74, 6) is -0.0442. The van der Waals surface area contributed by atoms with Gasteiger partial charge in [0, 0.05) is 18.1 Å². The Morgan fingerprint density at radius 1 is 1.50 bits per heavy atom. The van der Waals surface area contributed by atoms with E-state index in [9.17, 15) is 4.79 Å². The van der Waals surface area contributed by atoms with Gasteiger partial charge >= 0.3 is 0 Å². The molecule has 0 spiro atoms. The van der Waals surface area contributed by atoms with Gasteiger partial charge in [-0.1, -0.05) is 30.3 Å². The quantitative estimate of drug-likeness (QED) is 0.648. The van der Waals surface area contributed by atoms with Crippen LogP contribution in [-0.4, -0.2) is 10.8 Å². The van der Waals surface area contributed by atoms with Crippen molar-refractivity contribution >= 4 is 17.5 Å². The molecule has 1 heterocycles. The second-order valence-corrected chi connectivity index (χ2v) is 3.68. The number of carbonyl (C=O) groups excluding carboxylic acids is 1. The number of fused-ring (bicyclic) bond motifs is 1. The Hall–Kier alpha value is -1.28. The molecule has 1 aliphatic heterocycles. The number of carbonyl (C=O) groups is 1. The van der Waals surface area contributed by atoms with Crippen molar-refractivity contribution < 1.29 is 4.79 Å². The molecule has 0 saturated carbocycles. The lowest BCUT2D eigenvalue weighted by molar-refractivity contribution is -0.126. The van der Waals surface area contributed by atoms with Crippen LogP contribution in [0.25, 0.3) is 0 Å². The van der Waals surface area contributed by atoms with E-state index in [0.717, 1.165) is 16.1 Å². The summed E-state index contributed by atoms with van der Waals surface area (Å²) in [5.41, 5.74) is 2.19. The Morgan fingerprint density at radius 3 is 2.93 bits per heavy atom. The lowest BCUT2D eigenvalue weighted by atomic mass is 10.1. The van der Waals surface area contributed by atoms with Gasteiger partial charge in [-0.2, -0.15) is 0 Å². The first kappa shape index (κ1) is 9.28. The number of benzene rings is 1. The minimum absolute atomic E-state index is 0.0442. The number of amides is 1. The zero-order chi connectivity index (χ0) is 10.1. The highest BCUT2D eigenvalue weighted by atomic mass is 35.5. The van der Waals surface area contributed by atoms with E-state index in [1.54, 1.807) is 4.90 Å². The van der Waals surface area contributed by atoms with Crippen LogP contribution in [0, 0.1) is 0 Å². The molecule has 0 fully saturated rings. The third-order valence-electron chi connectivity index (χ3n) is 2.41. The third kappa shape index (κ3) is 1.42. The molecule has 0 unspecified atom stereocenters. The second kappa shape index (κ2) is 3.46. The van der Waals surface area contributed by atoms with E-state index in [4.69, 9.17) is 11.6 Å². The maximum absolute atomic E-state index is 11.4. The highest BCUT2D eigenvalue weighted by Gasteiger charge is 2.22. The summed E-state index contributed by atoms with van der Waals surface area (Å²) in [7, 11) is 0. The van der Waals surface area contributed by atoms with Crippen LogP contribution in [-0.2, 0) is 17.9 Å². The molecular weight excluding hydrogens is 198 g/mol. The Kier molecular flexibility index (Phi) is 2.30. The highest BCUT2D eigenvalue weighted by molar-refractivity contribution is 6.31. The standard InChI is InChI=1S/C11H10ClNO/c1-2-11(14)13-6-8-4-3-5-10(12)9(8)7-13/h2-5H,1,6-7H2. The van der Waals surface area contributed by atoms with Gasteiger partial charge in [-0.3, -0.25) is 4.79 Å². The van der Waals surface area contributed by atoms with Crippen LogP contribution in [0.15, 0.2) is 30.9 Å². The normalized spacial score (nSPS) is 13.9. The van der Waals surface area contributed by atoms with E-state index in [-0.39, 0.29) is 5.91 Å². The first-order valence-electron chi connectivity index (χ1n) is 4.40. The monoisotopic (exact) mass is 207 g/mol. The van der Waals surface area contributed by atoms with Crippen LogP contribution in [0.2, 0.25) is 5.02 Å². The minimum atomic E-state index is -0.0442. The van der Waals surface area contributed by atoms with Gasteiger partial charge in [-0.15, -0.1) is 0 Å². The zero-order valence-electron chi connectivity index (χ0n) is 7.66. The van der Waals surface area contributed by atoms with Crippen molar-refractivity contribution in [1.29, 1.82) is 0 Å². The topological polar surface area (TPSA) is 20.3 Å². The van der Waals surface area contributed by atoms with E-state index in [2.05, 4.69) is 6.58 Å². The summed E-state index contributed by atoms with van der Waals surface area (Å²) in [4.78, 5) is 13.1. The molecule has 72 valence electrons. The smallest absolute Gasteiger partial charge is 0.246 e. The van der Waals surface area contributed by atoms with Crippen molar-refractivity contribution in [2.24, 2.45) is 0 Å². The molecule has 2 nitrogen and oxygen atoms in total. The van der Waals surface area contributed by atoms with Gasteiger partial charge < -0.3 is 4.90 Å². The summed E-state index contributed by atoms with van der Waals surface area (Å²) in [6.45, 7) is 4.70. The van der Waals surface area contributed by atoms with E-state index in [1.807, 2.05) is 18.2 Å². The molecule has 0 atom stereocenters. The average Bonchev–Trinajstić information content (AvgIpc) is 2.62. The van der Waals surface area contributed by atoms with Gasteiger partial charge in [-0.25, -0.2) is 0 Å². The van der Waals surface area contributed by atoms with E-state index in [0.29, 0.717) is 13.1 Å². The average molecular weight is 208 g/mol. The molecule has 0 radical (unpaired) electrons. The van der Waals surface area contributed by atoms with Gasteiger partial charge in [0.25, 0.3) is 0 Å². The van der Waals surface area contributed by atoms with Gasteiger partial charge in [0.2, 0.25) is 5.91 Å². The molecular formula is C11H10ClNO. The maximum Gasteiger partial charge on any atom is 0.246 e. The van der Waals surface area contributed by atoms with E-state index < -0.39 is 0 Å². The van der Waals surface area contributed by atoms with Crippen LogP contribution in [0.1, 0.15) is 11.1 Å². The van der Waals surface area contributed by atoms with E-state index in [1.165, 1.54) is 6.08 Å². The Balaban J connectivity index is 2.30. The fourth-order valence-corrected chi connectivity index (χ4v) is 1.92. The van der Waals surface area contributed by atoms with E-state index >= 15 is 0 Å². The number of hydrogen-bond donors (Lipinski definition) is 0. The van der Waals surface area contributed by atoms with Gasteiger partial charge in [-0.05, 0) is 23.3 Å². The molecule has 2 rings (SSSR count). The van der Waals surface area contributed by atoms with Gasteiger partial charge in [0.1, 0.15) is 0 Å². The summed E-state index contributed by atoms with van der Waals surface area (Å²) >= 11 is 6.02. The van der Waals surface area contributed by atoms with Crippen molar-refractivity contribution in [3.05, 3.63) is 47.0 Å². The Morgan fingerprint density at radius 2 is 2.29 bits per heavy atom. The molecule has 1 aliphatic rings. The van der Waals surface area contributed by atoms with Gasteiger partial charge in [0.05, 0.1) is 0 Å². The number of halogens is 1.